The zero-order valence-electron chi connectivity index (χ0n) is 21.5. The molecule has 4 aromatic rings. The number of nitrogens with one attached hydrogen (secondary N) is 1. The summed E-state index contributed by atoms with van der Waals surface area (Å²) in [7, 11) is -0.456. The van der Waals surface area contributed by atoms with Gasteiger partial charge in [0.1, 0.15) is 0 Å². The van der Waals surface area contributed by atoms with Gasteiger partial charge in [0, 0.05) is 17.7 Å². The van der Waals surface area contributed by atoms with Gasteiger partial charge in [0.2, 0.25) is 10.0 Å². The van der Waals surface area contributed by atoms with Gasteiger partial charge in [0.15, 0.2) is 11.5 Å². The summed E-state index contributed by atoms with van der Waals surface area (Å²) in [5, 5.41) is 2.90. The number of ether oxygens (including phenoxy) is 2. The Kier molecular flexibility index (Phi) is 8.33. The second-order valence-electron chi connectivity index (χ2n) is 8.72. The molecule has 0 aromatic heterocycles. The fourth-order valence-electron chi connectivity index (χ4n) is 4.14. The van der Waals surface area contributed by atoms with Crippen molar-refractivity contribution in [3.63, 3.8) is 0 Å². The highest BCUT2D eigenvalue weighted by Crippen LogP contribution is 2.33. The number of benzene rings is 4. The molecule has 0 fully saturated rings. The molecule has 38 heavy (non-hydrogen) atoms. The molecule has 1 amide bonds. The van der Waals surface area contributed by atoms with Gasteiger partial charge in [-0.3, -0.25) is 9.10 Å². The number of carbonyl (C=O) groups excluding carboxylic acids is 1. The summed E-state index contributed by atoms with van der Waals surface area (Å²) in [6.07, 6.45) is 1.20. The first kappa shape index (κ1) is 26.8. The van der Waals surface area contributed by atoms with E-state index in [1.165, 1.54) is 10.6 Å². The summed E-state index contributed by atoms with van der Waals surface area (Å²) in [6, 6.07) is 29.5. The molecule has 0 aliphatic heterocycles. The summed E-state index contributed by atoms with van der Waals surface area (Å²) in [5.74, 6) is 0.973. The summed E-state index contributed by atoms with van der Waals surface area (Å²) in [4.78, 5) is 12.7. The average molecular weight is 531 g/mol. The summed E-state index contributed by atoms with van der Waals surface area (Å²) in [6.45, 7) is 0.454. The predicted molar refractivity (Wildman–Crippen MR) is 150 cm³/mol. The van der Waals surface area contributed by atoms with Crippen LogP contribution in [0, 0.1) is 0 Å². The number of hydrogen-bond donors (Lipinski definition) is 1. The van der Waals surface area contributed by atoms with Crippen molar-refractivity contribution in [1.29, 1.82) is 0 Å². The highest BCUT2D eigenvalue weighted by molar-refractivity contribution is 7.92. The minimum Gasteiger partial charge on any atom is -0.493 e. The lowest BCUT2D eigenvalue weighted by Crippen LogP contribution is -2.30. The van der Waals surface area contributed by atoms with Crippen LogP contribution in [0.25, 0.3) is 11.1 Å². The van der Waals surface area contributed by atoms with Crippen molar-refractivity contribution in [2.24, 2.45) is 0 Å². The highest BCUT2D eigenvalue weighted by atomic mass is 32.2. The monoisotopic (exact) mass is 530 g/mol. The zero-order valence-corrected chi connectivity index (χ0v) is 22.4. The SMILES string of the molecule is COc1ccc(CNC(=O)c2ccc(CN(c3ccccc3-c3ccccc3)S(C)(=O)=O)cc2)cc1OC. The lowest BCUT2D eigenvalue weighted by Gasteiger charge is -2.25. The van der Waals surface area contributed by atoms with E-state index in [1.54, 1.807) is 50.6 Å². The lowest BCUT2D eigenvalue weighted by molar-refractivity contribution is 0.0951. The Morgan fingerprint density at radius 3 is 2.08 bits per heavy atom. The number of rotatable bonds is 10. The number of anilines is 1. The third kappa shape index (κ3) is 6.33. The van der Waals surface area contributed by atoms with Gasteiger partial charge in [-0.15, -0.1) is 0 Å². The topological polar surface area (TPSA) is 84.9 Å². The summed E-state index contributed by atoms with van der Waals surface area (Å²) in [5.41, 5.74) is 4.45. The Labute approximate surface area is 223 Å². The van der Waals surface area contributed by atoms with Gasteiger partial charge in [0.25, 0.3) is 5.91 Å². The van der Waals surface area contributed by atoms with E-state index in [4.69, 9.17) is 9.47 Å². The number of sulfonamides is 1. The Balaban J connectivity index is 1.50. The van der Waals surface area contributed by atoms with Crippen molar-refractivity contribution in [3.8, 4) is 22.6 Å². The molecule has 0 saturated carbocycles. The van der Waals surface area contributed by atoms with Crippen LogP contribution in [-0.2, 0) is 23.1 Å². The molecule has 8 heteroatoms. The molecule has 0 aliphatic carbocycles. The lowest BCUT2D eigenvalue weighted by atomic mass is 10.0. The summed E-state index contributed by atoms with van der Waals surface area (Å²) >= 11 is 0. The molecule has 0 atom stereocenters. The smallest absolute Gasteiger partial charge is 0.251 e. The van der Waals surface area contributed by atoms with E-state index in [0.29, 0.717) is 29.3 Å². The first-order valence-electron chi connectivity index (χ1n) is 12.0. The van der Waals surface area contributed by atoms with Crippen molar-refractivity contribution < 1.29 is 22.7 Å². The molecular formula is C30H30N2O5S. The molecule has 0 heterocycles. The Hall–Kier alpha value is -4.30. The number of para-hydroxylation sites is 1. The maximum absolute atomic E-state index is 12.8. The molecule has 0 bridgehead atoms. The van der Waals surface area contributed by atoms with Gasteiger partial charge in [-0.1, -0.05) is 66.7 Å². The minimum atomic E-state index is -3.59. The van der Waals surface area contributed by atoms with E-state index in [1.807, 2.05) is 60.7 Å². The van der Waals surface area contributed by atoms with Gasteiger partial charge in [-0.25, -0.2) is 8.42 Å². The molecule has 4 aromatic carbocycles. The van der Waals surface area contributed by atoms with Crippen LogP contribution in [0.1, 0.15) is 21.5 Å². The van der Waals surface area contributed by atoms with Gasteiger partial charge >= 0.3 is 0 Å². The van der Waals surface area contributed by atoms with Crippen molar-refractivity contribution in [1.82, 2.24) is 5.32 Å². The van der Waals surface area contributed by atoms with Crippen LogP contribution in [0.15, 0.2) is 97.1 Å². The van der Waals surface area contributed by atoms with Crippen molar-refractivity contribution in [3.05, 3.63) is 114 Å². The van der Waals surface area contributed by atoms with Crippen LogP contribution in [-0.4, -0.2) is 34.8 Å². The zero-order chi connectivity index (χ0) is 27.1. The normalized spacial score (nSPS) is 11.0. The number of methoxy groups -OCH3 is 2. The molecule has 0 saturated heterocycles. The van der Waals surface area contributed by atoms with Crippen LogP contribution in [0.4, 0.5) is 5.69 Å². The standard InChI is InChI=1S/C30H30N2O5S/c1-36-28-18-15-23(19-29(28)37-2)20-31-30(33)25-16-13-22(14-17-25)21-32(38(3,34)35)27-12-8-7-11-26(27)24-9-5-4-6-10-24/h4-19H,20-21H2,1-3H3,(H,31,33). The van der Waals surface area contributed by atoms with Crippen molar-refractivity contribution in [2.75, 3.05) is 24.8 Å². The molecular weight excluding hydrogens is 500 g/mol. The highest BCUT2D eigenvalue weighted by Gasteiger charge is 2.21. The fourth-order valence-corrected chi connectivity index (χ4v) is 5.04. The van der Waals surface area contributed by atoms with Crippen LogP contribution >= 0.6 is 0 Å². The third-order valence-corrected chi connectivity index (χ3v) is 7.23. The van der Waals surface area contributed by atoms with E-state index in [-0.39, 0.29) is 12.5 Å². The Morgan fingerprint density at radius 1 is 0.789 bits per heavy atom. The quantitative estimate of drug-likeness (QED) is 0.302. The van der Waals surface area contributed by atoms with Gasteiger partial charge in [-0.2, -0.15) is 0 Å². The number of hydrogen-bond acceptors (Lipinski definition) is 5. The maximum Gasteiger partial charge on any atom is 0.251 e. The molecule has 7 nitrogen and oxygen atoms in total. The van der Waals surface area contributed by atoms with E-state index in [9.17, 15) is 13.2 Å². The summed E-state index contributed by atoms with van der Waals surface area (Å²) < 4.78 is 37.6. The molecule has 4 rings (SSSR count). The second-order valence-corrected chi connectivity index (χ2v) is 10.6. The second kappa shape index (κ2) is 11.8. The number of nitrogens with zero attached hydrogens (tertiary/aromatic N) is 1. The van der Waals surface area contributed by atoms with Crippen LogP contribution in [0.3, 0.4) is 0 Å². The van der Waals surface area contributed by atoms with Crippen LogP contribution in [0.2, 0.25) is 0 Å². The van der Waals surface area contributed by atoms with Crippen molar-refractivity contribution >= 4 is 21.6 Å². The first-order chi connectivity index (χ1) is 18.3. The van der Waals surface area contributed by atoms with Crippen molar-refractivity contribution in [2.45, 2.75) is 13.1 Å². The molecule has 0 unspecified atom stereocenters. The number of carbonyl (C=O) groups is 1. The molecule has 0 spiro atoms. The van der Waals surface area contributed by atoms with E-state index >= 15 is 0 Å². The maximum atomic E-state index is 12.8. The Morgan fingerprint density at radius 2 is 1.42 bits per heavy atom. The fraction of sp³-hybridized carbons (Fsp3) is 0.167. The molecule has 0 aliphatic rings. The van der Waals surface area contributed by atoms with Gasteiger partial charge in [-0.05, 0) is 47.0 Å². The van der Waals surface area contributed by atoms with E-state index < -0.39 is 10.0 Å². The third-order valence-electron chi connectivity index (χ3n) is 6.10. The molecule has 196 valence electrons. The van der Waals surface area contributed by atoms with E-state index in [0.717, 1.165) is 22.3 Å². The largest absolute Gasteiger partial charge is 0.493 e. The van der Waals surface area contributed by atoms with Gasteiger partial charge in [0.05, 0.1) is 32.7 Å². The molecule has 0 radical (unpaired) electrons. The van der Waals surface area contributed by atoms with Crippen LogP contribution in [0.5, 0.6) is 11.5 Å². The first-order valence-corrected chi connectivity index (χ1v) is 13.8. The predicted octanol–water partition coefficient (Wildman–Crippen LogP) is 5.27. The number of amides is 1. The van der Waals surface area contributed by atoms with E-state index in [2.05, 4.69) is 5.32 Å². The minimum absolute atomic E-state index is 0.135. The Bertz CT molecular complexity index is 1500. The van der Waals surface area contributed by atoms with Crippen LogP contribution < -0.4 is 19.1 Å². The van der Waals surface area contributed by atoms with Gasteiger partial charge < -0.3 is 14.8 Å². The molecule has 1 N–H and O–H groups in total. The average Bonchev–Trinajstić information content (AvgIpc) is 2.94.